The first-order valence-electron chi connectivity index (χ1n) is 10.8. The van der Waals surface area contributed by atoms with Gasteiger partial charge in [-0.2, -0.15) is 26.3 Å². The van der Waals surface area contributed by atoms with Gasteiger partial charge < -0.3 is 10.4 Å². The van der Waals surface area contributed by atoms with E-state index in [2.05, 4.69) is 17.2 Å². The number of alkyl halides is 6. The van der Waals surface area contributed by atoms with Crippen molar-refractivity contribution in [2.75, 3.05) is 5.32 Å². The Balaban J connectivity index is 1.92. The van der Waals surface area contributed by atoms with E-state index in [0.717, 1.165) is 24.3 Å². The SMILES string of the molecule is CC#Cc1cc([C@H]2CCC[C@@H](C(=O)Nc3ccc(C(F)(F)F)cc3F)[C@@H]2C(=O)O)ccc1C(F)(F)F. The van der Waals surface area contributed by atoms with Crippen LogP contribution in [-0.2, 0) is 21.9 Å². The first-order valence-corrected chi connectivity index (χ1v) is 10.8. The van der Waals surface area contributed by atoms with Crippen molar-refractivity contribution in [3.8, 4) is 11.8 Å². The third kappa shape index (κ3) is 5.80. The number of hydrogen-bond donors (Lipinski definition) is 2. The van der Waals surface area contributed by atoms with Gasteiger partial charge in [0.2, 0.25) is 5.91 Å². The van der Waals surface area contributed by atoms with Crippen LogP contribution < -0.4 is 5.32 Å². The fourth-order valence-corrected chi connectivity index (χ4v) is 4.51. The van der Waals surface area contributed by atoms with E-state index in [9.17, 15) is 45.4 Å². The molecule has 0 radical (unpaired) electrons. The highest BCUT2D eigenvalue weighted by atomic mass is 19.4. The molecule has 0 aliphatic heterocycles. The number of amides is 1. The van der Waals surface area contributed by atoms with Gasteiger partial charge in [0.25, 0.3) is 0 Å². The lowest BCUT2D eigenvalue weighted by molar-refractivity contribution is -0.149. The molecule has 0 unspecified atom stereocenters. The van der Waals surface area contributed by atoms with Crippen LogP contribution in [0.25, 0.3) is 0 Å². The minimum Gasteiger partial charge on any atom is -0.481 e. The lowest BCUT2D eigenvalue weighted by Crippen LogP contribution is -2.40. The second-order valence-corrected chi connectivity index (χ2v) is 8.37. The van der Waals surface area contributed by atoms with Crippen molar-refractivity contribution in [3.63, 3.8) is 0 Å². The molecule has 0 spiro atoms. The number of carbonyl (C=O) groups is 2. The highest BCUT2D eigenvalue weighted by molar-refractivity contribution is 5.95. The van der Waals surface area contributed by atoms with Crippen molar-refractivity contribution in [2.45, 2.75) is 44.5 Å². The monoisotopic (exact) mass is 515 g/mol. The molecule has 1 aliphatic carbocycles. The summed E-state index contributed by atoms with van der Waals surface area (Å²) >= 11 is 0. The molecule has 2 aromatic carbocycles. The summed E-state index contributed by atoms with van der Waals surface area (Å²) < 4.78 is 92.6. The number of benzene rings is 2. The number of halogens is 7. The van der Waals surface area contributed by atoms with Crippen molar-refractivity contribution in [2.24, 2.45) is 11.8 Å². The van der Waals surface area contributed by atoms with E-state index in [1.807, 2.05) is 0 Å². The first kappa shape index (κ1) is 27.0. The molecule has 4 nitrogen and oxygen atoms in total. The Morgan fingerprint density at radius 3 is 2.25 bits per heavy atom. The molecule has 3 rings (SSSR count). The molecule has 192 valence electrons. The molecule has 1 fully saturated rings. The fourth-order valence-electron chi connectivity index (χ4n) is 4.51. The van der Waals surface area contributed by atoms with Crippen molar-refractivity contribution in [1.82, 2.24) is 0 Å². The van der Waals surface area contributed by atoms with Crippen molar-refractivity contribution < 1.29 is 45.4 Å². The summed E-state index contributed by atoms with van der Waals surface area (Å²) in [5.74, 6) is -2.27. The third-order valence-electron chi connectivity index (χ3n) is 6.11. The summed E-state index contributed by atoms with van der Waals surface area (Å²) in [6.07, 6.45) is -8.77. The smallest absolute Gasteiger partial charge is 0.417 e. The van der Waals surface area contributed by atoms with Crippen LogP contribution in [0.15, 0.2) is 36.4 Å². The van der Waals surface area contributed by atoms with Gasteiger partial charge in [0.1, 0.15) is 5.82 Å². The molecular weight excluding hydrogens is 495 g/mol. The Bertz CT molecular complexity index is 1220. The normalized spacial score (nSPS) is 20.3. The summed E-state index contributed by atoms with van der Waals surface area (Å²) in [5, 5.41) is 12.1. The van der Waals surface area contributed by atoms with Crippen molar-refractivity contribution in [1.29, 1.82) is 0 Å². The topological polar surface area (TPSA) is 66.4 Å². The highest BCUT2D eigenvalue weighted by Crippen LogP contribution is 2.44. The van der Waals surface area contributed by atoms with Gasteiger partial charge in [-0.3, -0.25) is 9.59 Å². The van der Waals surface area contributed by atoms with Crippen LogP contribution in [0, 0.1) is 29.5 Å². The maximum atomic E-state index is 14.2. The van der Waals surface area contributed by atoms with Gasteiger partial charge in [0, 0.05) is 5.56 Å². The summed E-state index contributed by atoms with van der Waals surface area (Å²) in [6.45, 7) is 1.36. The Labute approximate surface area is 201 Å². The number of carboxylic acids is 1. The lowest BCUT2D eigenvalue weighted by atomic mass is 9.68. The number of carboxylic acid groups (broad SMARTS) is 1. The predicted molar refractivity (Wildman–Crippen MR) is 115 cm³/mol. The minimum absolute atomic E-state index is 0.0871. The number of rotatable bonds is 4. The van der Waals surface area contributed by atoms with Crippen LogP contribution in [-0.4, -0.2) is 17.0 Å². The predicted octanol–water partition coefficient (Wildman–Crippen LogP) is 6.46. The quantitative estimate of drug-likeness (QED) is 0.363. The van der Waals surface area contributed by atoms with Crippen molar-refractivity contribution in [3.05, 3.63) is 64.5 Å². The molecule has 0 aromatic heterocycles. The van der Waals surface area contributed by atoms with Gasteiger partial charge >= 0.3 is 18.3 Å². The van der Waals surface area contributed by atoms with Gasteiger partial charge in [-0.05, 0) is 61.6 Å². The average molecular weight is 515 g/mol. The molecule has 2 N–H and O–H groups in total. The zero-order chi connectivity index (χ0) is 26.8. The lowest BCUT2D eigenvalue weighted by Gasteiger charge is -2.35. The van der Waals surface area contributed by atoms with E-state index < -0.39 is 64.6 Å². The van der Waals surface area contributed by atoms with Crippen LogP contribution in [0.3, 0.4) is 0 Å². The van der Waals surface area contributed by atoms with Crippen LogP contribution in [0.2, 0.25) is 0 Å². The first-order chi connectivity index (χ1) is 16.7. The van der Waals surface area contributed by atoms with Crippen LogP contribution in [0.1, 0.15) is 54.4 Å². The van der Waals surface area contributed by atoms with Crippen LogP contribution in [0.4, 0.5) is 36.4 Å². The van der Waals surface area contributed by atoms with Gasteiger partial charge in [-0.15, -0.1) is 5.92 Å². The van der Waals surface area contributed by atoms with E-state index in [4.69, 9.17) is 0 Å². The number of anilines is 1. The number of nitrogens with one attached hydrogen (secondary N) is 1. The molecule has 1 amide bonds. The Morgan fingerprint density at radius 1 is 1.00 bits per heavy atom. The van der Waals surface area contributed by atoms with Crippen LogP contribution >= 0.6 is 0 Å². The number of aliphatic carboxylic acids is 1. The second kappa shape index (κ2) is 10.2. The molecule has 36 heavy (non-hydrogen) atoms. The average Bonchev–Trinajstić information content (AvgIpc) is 2.78. The number of carbonyl (C=O) groups excluding carboxylic acids is 1. The van der Waals surface area contributed by atoms with Crippen molar-refractivity contribution >= 4 is 17.6 Å². The molecule has 0 bridgehead atoms. The zero-order valence-corrected chi connectivity index (χ0v) is 18.7. The summed E-state index contributed by atoms with van der Waals surface area (Å²) in [4.78, 5) is 25.1. The largest absolute Gasteiger partial charge is 0.481 e. The molecule has 0 saturated heterocycles. The van der Waals surface area contributed by atoms with E-state index in [-0.39, 0.29) is 30.0 Å². The van der Waals surface area contributed by atoms with Gasteiger partial charge in [0.15, 0.2) is 0 Å². The van der Waals surface area contributed by atoms with E-state index in [1.165, 1.54) is 6.92 Å². The van der Waals surface area contributed by atoms with Gasteiger partial charge in [-0.1, -0.05) is 18.4 Å². The summed E-state index contributed by atoms with van der Waals surface area (Å²) in [5.41, 5.74) is -2.85. The molecule has 3 atom stereocenters. The third-order valence-corrected chi connectivity index (χ3v) is 6.11. The summed E-state index contributed by atoms with van der Waals surface area (Å²) in [7, 11) is 0. The molecule has 0 heterocycles. The maximum absolute atomic E-state index is 14.2. The Morgan fingerprint density at radius 2 is 1.69 bits per heavy atom. The highest BCUT2D eigenvalue weighted by Gasteiger charge is 2.44. The van der Waals surface area contributed by atoms with Gasteiger partial charge in [-0.25, -0.2) is 4.39 Å². The maximum Gasteiger partial charge on any atom is 0.417 e. The standard InChI is InChI=1S/C25H20F7NO3/c1-2-4-14-11-13(7-9-18(14)25(30,31)32)16-5-3-6-17(21(16)23(35)36)22(34)33-20-10-8-15(12-19(20)26)24(27,28)29/h7-12,16-17,21H,3,5-6H2,1H3,(H,33,34)(H,35,36)/t16-,17-,21-/m1/s1. The Hall–Kier alpha value is -3.55. The minimum atomic E-state index is -4.79. The van der Waals surface area contributed by atoms with E-state index in [1.54, 1.807) is 0 Å². The van der Waals surface area contributed by atoms with Crippen LogP contribution in [0.5, 0.6) is 0 Å². The molecule has 11 heteroatoms. The molecule has 2 aromatic rings. The molecule has 1 saturated carbocycles. The molecule has 1 aliphatic rings. The number of hydrogen-bond acceptors (Lipinski definition) is 2. The van der Waals surface area contributed by atoms with E-state index >= 15 is 0 Å². The Kier molecular flexibility index (Phi) is 7.67. The fraction of sp³-hybridized carbons (Fsp3) is 0.360. The van der Waals surface area contributed by atoms with Gasteiger partial charge in [0.05, 0.1) is 28.7 Å². The second-order valence-electron chi connectivity index (χ2n) is 8.37. The van der Waals surface area contributed by atoms with E-state index in [0.29, 0.717) is 12.5 Å². The zero-order valence-electron chi connectivity index (χ0n) is 18.7. The summed E-state index contributed by atoms with van der Waals surface area (Å²) in [6, 6.07) is 4.66. The molecular formula is C25H20F7NO3.